The molecule has 0 aromatic heterocycles. The third-order valence-corrected chi connectivity index (χ3v) is 14.4. The summed E-state index contributed by atoms with van der Waals surface area (Å²) in [4.78, 5) is 43.8. The predicted molar refractivity (Wildman–Crippen MR) is 290 cm³/mol. The molecule has 0 radical (unpaired) electrons. The molecule has 0 unspecified atom stereocenters. The highest BCUT2D eigenvalue weighted by Gasteiger charge is 2.23. The molecule has 0 heterocycles. The van der Waals surface area contributed by atoms with Gasteiger partial charge in [-0.1, -0.05) is 227 Å². The topological polar surface area (TPSA) is 76.2 Å². The Balaban J connectivity index is 4.96. The first kappa shape index (κ1) is 65.4. The smallest absolute Gasteiger partial charge is 0.305 e. The number of unbranched alkanes of at least 4 members (excludes halogenated alkanes) is 26. The molecular formula is C60H118N2O5. The second-order valence-corrected chi connectivity index (χ2v) is 21.4. The summed E-state index contributed by atoms with van der Waals surface area (Å²) in [6, 6.07) is 0.319. The van der Waals surface area contributed by atoms with Crippen LogP contribution >= 0.6 is 0 Å². The van der Waals surface area contributed by atoms with Gasteiger partial charge >= 0.3 is 11.9 Å². The summed E-state index contributed by atoms with van der Waals surface area (Å²) in [7, 11) is 4.27. The van der Waals surface area contributed by atoms with Crippen LogP contribution in [0.3, 0.4) is 0 Å². The maximum Gasteiger partial charge on any atom is 0.305 e. The Hall–Kier alpha value is -1.63. The fourth-order valence-corrected chi connectivity index (χ4v) is 9.89. The van der Waals surface area contributed by atoms with Crippen LogP contribution in [0, 0.1) is 11.8 Å². The van der Waals surface area contributed by atoms with Crippen molar-refractivity contribution in [1.82, 2.24) is 9.80 Å². The number of hydrogen-bond donors (Lipinski definition) is 0. The van der Waals surface area contributed by atoms with E-state index in [4.69, 9.17) is 9.47 Å². The molecule has 0 bridgehead atoms. The van der Waals surface area contributed by atoms with Gasteiger partial charge in [0.1, 0.15) is 0 Å². The summed E-state index contributed by atoms with van der Waals surface area (Å²) in [6.45, 7) is 14.4. The van der Waals surface area contributed by atoms with Crippen LogP contribution in [0.25, 0.3) is 0 Å². The van der Waals surface area contributed by atoms with E-state index < -0.39 is 0 Å². The summed E-state index contributed by atoms with van der Waals surface area (Å²) in [5, 5.41) is 0. The number of amides is 1. The minimum Gasteiger partial charge on any atom is -0.465 e. The Morgan fingerprint density at radius 2 is 0.642 bits per heavy atom. The van der Waals surface area contributed by atoms with E-state index in [-0.39, 0.29) is 11.9 Å². The molecule has 1 amide bonds. The van der Waals surface area contributed by atoms with E-state index in [1.807, 2.05) is 0 Å². The van der Waals surface area contributed by atoms with Gasteiger partial charge in [-0.25, -0.2) is 0 Å². The molecule has 0 fully saturated rings. The van der Waals surface area contributed by atoms with Crippen LogP contribution in [-0.4, -0.2) is 74.1 Å². The van der Waals surface area contributed by atoms with Gasteiger partial charge in [0.25, 0.3) is 0 Å². The molecular weight excluding hydrogens is 829 g/mol. The molecule has 0 aromatic carbocycles. The minimum absolute atomic E-state index is 0.000464. The first-order valence-electron chi connectivity index (χ1n) is 30.0. The molecule has 0 saturated heterocycles. The van der Waals surface area contributed by atoms with Gasteiger partial charge in [0.05, 0.1) is 13.2 Å². The molecule has 398 valence electrons. The van der Waals surface area contributed by atoms with E-state index in [9.17, 15) is 14.4 Å². The molecule has 0 aromatic rings. The van der Waals surface area contributed by atoms with Crippen LogP contribution in [0.15, 0.2) is 0 Å². The van der Waals surface area contributed by atoms with Crippen molar-refractivity contribution in [3.63, 3.8) is 0 Å². The van der Waals surface area contributed by atoms with Crippen molar-refractivity contribution in [2.24, 2.45) is 11.8 Å². The lowest BCUT2D eigenvalue weighted by Crippen LogP contribution is -2.41. The summed E-state index contributed by atoms with van der Waals surface area (Å²) in [5.74, 6) is 1.42. The summed E-state index contributed by atoms with van der Waals surface area (Å²) < 4.78 is 11.7. The van der Waals surface area contributed by atoms with Crippen molar-refractivity contribution in [1.29, 1.82) is 0 Å². The largest absolute Gasteiger partial charge is 0.465 e. The summed E-state index contributed by atoms with van der Waals surface area (Å²) in [6.07, 6.45) is 49.6. The van der Waals surface area contributed by atoms with Gasteiger partial charge in [0.2, 0.25) is 5.91 Å². The fourth-order valence-electron chi connectivity index (χ4n) is 9.89. The highest BCUT2D eigenvalue weighted by Crippen LogP contribution is 2.24. The highest BCUT2D eigenvalue weighted by molar-refractivity contribution is 5.76. The van der Waals surface area contributed by atoms with E-state index in [0.717, 1.165) is 96.6 Å². The van der Waals surface area contributed by atoms with Crippen molar-refractivity contribution in [2.75, 3.05) is 40.4 Å². The van der Waals surface area contributed by atoms with Gasteiger partial charge in [-0.05, 0) is 96.7 Å². The van der Waals surface area contributed by atoms with Crippen molar-refractivity contribution >= 4 is 17.8 Å². The van der Waals surface area contributed by atoms with Crippen molar-refractivity contribution < 1.29 is 23.9 Å². The number of carbonyl (C=O) groups excluding carboxylic acids is 3. The van der Waals surface area contributed by atoms with Gasteiger partial charge in [-0.15, -0.1) is 0 Å². The van der Waals surface area contributed by atoms with Crippen LogP contribution in [-0.2, 0) is 23.9 Å². The quantitative estimate of drug-likeness (QED) is 0.0447. The van der Waals surface area contributed by atoms with Crippen LogP contribution in [0.1, 0.15) is 311 Å². The number of ether oxygens (including phenoxy) is 2. The number of carbonyl (C=O) groups is 3. The second-order valence-electron chi connectivity index (χ2n) is 21.4. The van der Waals surface area contributed by atoms with Gasteiger partial charge in [0, 0.05) is 31.8 Å². The lowest BCUT2D eigenvalue weighted by molar-refractivity contribution is -0.146. The van der Waals surface area contributed by atoms with E-state index in [1.165, 1.54) is 173 Å². The molecule has 67 heavy (non-hydrogen) atoms. The lowest BCUT2D eigenvalue weighted by Gasteiger charge is -2.33. The Kier molecular flexibility index (Phi) is 49.5. The summed E-state index contributed by atoms with van der Waals surface area (Å²) >= 11 is 0. The monoisotopic (exact) mass is 947 g/mol. The fraction of sp³-hybridized carbons (Fsp3) is 0.950. The highest BCUT2D eigenvalue weighted by atomic mass is 16.5. The van der Waals surface area contributed by atoms with Crippen LogP contribution < -0.4 is 0 Å². The van der Waals surface area contributed by atoms with Crippen LogP contribution in [0.5, 0.6) is 0 Å². The Morgan fingerprint density at radius 1 is 0.343 bits per heavy atom. The zero-order valence-electron chi connectivity index (χ0n) is 46.4. The number of rotatable bonds is 53. The molecule has 0 N–H and O–H groups in total. The average Bonchev–Trinajstić information content (AvgIpc) is 3.31. The van der Waals surface area contributed by atoms with E-state index >= 15 is 0 Å². The van der Waals surface area contributed by atoms with Gasteiger partial charge < -0.3 is 19.3 Å². The predicted octanol–water partition coefficient (Wildman–Crippen LogP) is 17.9. The molecule has 0 aliphatic carbocycles. The molecule has 7 nitrogen and oxygen atoms in total. The standard InChI is InChI=1S/C60H118N2O5/c1-8-13-18-27-38-48-58(63)62(52-41-51-61(6)7)57(46-36-28-23-25-30-39-49-59(64)66-53-55(42-32-19-14-9-2)43-33-20-15-10-3)47-37-29-24-26-31-40-50-60(65)67-54-56(44-34-21-16-11-4)45-35-22-17-12-5/h55-57H,8-54H2,1-7H3. The minimum atomic E-state index is -0.000464. The molecule has 0 spiro atoms. The van der Waals surface area contributed by atoms with Gasteiger partial charge in [0.15, 0.2) is 0 Å². The van der Waals surface area contributed by atoms with Gasteiger partial charge in [-0.3, -0.25) is 14.4 Å². The number of nitrogens with zero attached hydrogens (tertiary/aromatic N) is 2. The average molecular weight is 948 g/mol. The Morgan fingerprint density at radius 3 is 1.00 bits per heavy atom. The Bertz CT molecular complexity index is 983. The molecule has 0 rings (SSSR count). The molecule has 0 atom stereocenters. The lowest BCUT2D eigenvalue weighted by atomic mass is 9.95. The SMILES string of the molecule is CCCCCCCC(=O)N(CCCN(C)C)C(CCCCCCCCC(=O)OCC(CCCCCC)CCCCCC)CCCCCCCCC(=O)OCC(CCCCCC)CCCCCC. The third-order valence-electron chi connectivity index (χ3n) is 14.4. The zero-order valence-corrected chi connectivity index (χ0v) is 46.4. The van der Waals surface area contributed by atoms with Gasteiger partial charge in [-0.2, -0.15) is 0 Å². The van der Waals surface area contributed by atoms with Crippen LogP contribution in [0.4, 0.5) is 0 Å². The van der Waals surface area contributed by atoms with E-state index in [1.54, 1.807) is 0 Å². The van der Waals surface area contributed by atoms with Crippen molar-refractivity contribution in [2.45, 2.75) is 317 Å². The third kappa shape index (κ3) is 44.1. The van der Waals surface area contributed by atoms with E-state index in [0.29, 0.717) is 56.3 Å². The Labute approximate surface area is 419 Å². The van der Waals surface area contributed by atoms with Crippen molar-refractivity contribution in [3.8, 4) is 0 Å². The normalized spacial score (nSPS) is 11.7. The molecule has 0 aliphatic rings. The van der Waals surface area contributed by atoms with Crippen molar-refractivity contribution in [3.05, 3.63) is 0 Å². The number of esters is 2. The maximum absolute atomic E-state index is 13.9. The maximum atomic E-state index is 13.9. The summed E-state index contributed by atoms with van der Waals surface area (Å²) in [5.41, 5.74) is 0. The zero-order chi connectivity index (χ0) is 49.3. The molecule has 7 heteroatoms. The van der Waals surface area contributed by atoms with Crippen LogP contribution in [0.2, 0.25) is 0 Å². The van der Waals surface area contributed by atoms with E-state index in [2.05, 4.69) is 58.5 Å². The first-order chi connectivity index (χ1) is 32.7. The molecule has 0 saturated carbocycles. The second kappa shape index (κ2) is 50.7. The first-order valence-corrected chi connectivity index (χ1v) is 30.0. The molecule has 0 aliphatic heterocycles. The number of hydrogen-bond acceptors (Lipinski definition) is 6.